The fourth-order valence-corrected chi connectivity index (χ4v) is 1.66. The van der Waals surface area contributed by atoms with E-state index in [-0.39, 0.29) is 5.82 Å². The largest absolute Gasteiger partial charge is 0.486 e. The molecule has 0 unspecified atom stereocenters. The molecule has 4 heteroatoms. The first-order chi connectivity index (χ1) is 9.79. The summed E-state index contributed by atoms with van der Waals surface area (Å²) in [5, 5.41) is 0. The maximum atomic E-state index is 13.3. The molecule has 102 valence electrons. The molecule has 0 fully saturated rings. The molecule has 2 nitrogen and oxygen atoms in total. The predicted octanol–water partition coefficient (Wildman–Crippen LogP) is 3.78. The number of benzene rings is 1. The molecule has 0 N–H and O–H groups in total. The molecule has 0 aliphatic carbocycles. The lowest BCUT2D eigenvalue weighted by molar-refractivity contribution is 0.300. The number of rotatable bonds is 4. The van der Waals surface area contributed by atoms with Crippen LogP contribution in [-0.4, -0.2) is 10.9 Å². The van der Waals surface area contributed by atoms with Gasteiger partial charge in [-0.25, -0.2) is 4.39 Å². The van der Waals surface area contributed by atoms with Gasteiger partial charge in [-0.05, 0) is 30.3 Å². The SMILES string of the molecule is Fc1ccc(OCc2ccccn2)c(C#CCCCl)c1. The molecule has 0 aliphatic rings. The molecule has 0 atom stereocenters. The fraction of sp³-hybridized carbons (Fsp3) is 0.188. The third-order valence-corrected chi connectivity index (χ3v) is 2.67. The zero-order valence-electron chi connectivity index (χ0n) is 10.8. The van der Waals surface area contributed by atoms with E-state index < -0.39 is 0 Å². The Balaban J connectivity index is 2.13. The van der Waals surface area contributed by atoms with Crippen LogP contribution in [0.2, 0.25) is 0 Å². The van der Waals surface area contributed by atoms with Crippen molar-refractivity contribution in [1.82, 2.24) is 4.98 Å². The van der Waals surface area contributed by atoms with E-state index in [1.54, 1.807) is 12.3 Å². The van der Waals surface area contributed by atoms with Gasteiger partial charge in [0.2, 0.25) is 0 Å². The van der Waals surface area contributed by atoms with E-state index in [1.807, 2.05) is 18.2 Å². The smallest absolute Gasteiger partial charge is 0.135 e. The van der Waals surface area contributed by atoms with Gasteiger partial charge in [0.05, 0.1) is 11.3 Å². The van der Waals surface area contributed by atoms with Gasteiger partial charge < -0.3 is 4.74 Å². The highest BCUT2D eigenvalue weighted by molar-refractivity contribution is 6.18. The summed E-state index contributed by atoms with van der Waals surface area (Å²) < 4.78 is 18.9. The van der Waals surface area contributed by atoms with Crippen molar-refractivity contribution in [3.63, 3.8) is 0 Å². The minimum atomic E-state index is -0.342. The zero-order chi connectivity index (χ0) is 14.2. The van der Waals surface area contributed by atoms with Crippen LogP contribution in [0, 0.1) is 17.7 Å². The maximum Gasteiger partial charge on any atom is 0.135 e. The van der Waals surface area contributed by atoms with Crippen LogP contribution in [0.4, 0.5) is 4.39 Å². The molecule has 0 spiro atoms. The van der Waals surface area contributed by atoms with Gasteiger partial charge in [0.15, 0.2) is 0 Å². The van der Waals surface area contributed by atoms with E-state index in [2.05, 4.69) is 16.8 Å². The second kappa shape index (κ2) is 7.52. The molecule has 1 heterocycles. The molecular weight excluding hydrogens is 277 g/mol. The maximum absolute atomic E-state index is 13.3. The van der Waals surface area contributed by atoms with Crippen molar-refractivity contribution in [2.24, 2.45) is 0 Å². The van der Waals surface area contributed by atoms with Gasteiger partial charge in [-0.15, -0.1) is 11.6 Å². The van der Waals surface area contributed by atoms with Crippen LogP contribution in [0.5, 0.6) is 5.75 Å². The molecule has 1 aromatic heterocycles. The second-order valence-corrected chi connectivity index (χ2v) is 4.37. The fourth-order valence-electron chi connectivity index (χ4n) is 1.57. The Kier molecular flexibility index (Phi) is 5.40. The number of hydrogen-bond acceptors (Lipinski definition) is 2. The van der Waals surface area contributed by atoms with Crippen LogP contribution in [0.1, 0.15) is 17.7 Å². The summed E-state index contributed by atoms with van der Waals surface area (Å²) in [5.74, 6) is 6.39. The molecule has 0 radical (unpaired) electrons. The Morgan fingerprint density at radius 3 is 2.90 bits per heavy atom. The van der Waals surface area contributed by atoms with Crippen molar-refractivity contribution in [2.45, 2.75) is 13.0 Å². The Bertz CT molecular complexity index is 619. The Morgan fingerprint density at radius 1 is 1.25 bits per heavy atom. The molecule has 0 saturated carbocycles. The average Bonchev–Trinajstić information content (AvgIpc) is 2.48. The first-order valence-electron chi connectivity index (χ1n) is 6.16. The summed E-state index contributed by atoms with van der Waals surface area (Å²) in [5.41, 5.74) is 1.32. The van der Waals surface area contributed by atoms with Gasteiger partial charge >= 0.3 is 0 Å². The first kappa shape index (κ1) is 14.4. The van der Waals surface area contributed by atoms with Crippen molar-refractivity contribution in [2.75, 3.05) is 5.88 Å². The van der Waals surface area contributed by atoms with Crippen LogP contribution in [0.25, 0.3) is 0 Å². The van der Waals surface area contributed by atoms with Gasteiger partial charge in [-0.1, -0.05) is 17.9 Å². The van der Waals surface area contributed by atoms with Crippen LogP contribution >= 0.6 is 11.6 Å². The zero-order valence-corrected chi connectivity index (χ0v) is 11.5. The minimum Gasteiger partial charge on any atom is -0.486 e. The molecule has 0 aliphatic heterocycles. The summed E-state index contributed by atoms with van der Waals surface area (Å²) >= 11 is 5.56. The van der Waals surface area contributed by atoms with Gasteiger partial charge in [-0.3, -0.25) is 4.98 Å². The topological polar surface area (TPSA) is 22.1 Å². The van der Waals surface area contributed by atoms with E-state index in [1.165, 1.54) is 12.1 Å². The highest BCUT2D eigenvalue weighted by Gasteiger charge is 2.04. The number of alkyl halides is 1. The standard InChI is InChI=1S/C16H13ClFNO/c17-9-3-1-5-13-11-14(18)7-8-16(13)20-12-15-6-2-4-10-19-15/h2,4,6-8,10-11H,3,9,12H2. The molecule has 2 rings (SSSR count). The van der Waals surface area contributed by atoms with Gasteiger partial charge in [0.25, 0.3) is 0 Å². The number of nitrogens with zero attached hydrogens (tertiary/aromatic N) is 1. The average molecular weight is 290 g/mol. The van der Waals surface area contributed by atoms with Crippen molar-refractivity contribution < 1.29 is 9.13 Å². The third kappa shape index (κ3) is 4.25. The Morgan fingerprint density at radius 2 is 2.15 bits per heavy atom. The second-order valence-electron chi connectivity index (χ2n) is 3.99. The van der Waals surface area contributed by atoms with Gasteiger partial charge in [0.1, 0.15) is 18.2 Å². The Labute approximate surface area is 122 Å². The van der Waals surface area contributed by atoms with E-state index in [9.17, 15) is 4.39 Å². The molecule has 0 saturated heterocycles. The number of aromatic nitrogens is 1. The van der Waals surface area contributed by atoms with Crippen LogP contribution < -0.4 is 4.74 Å². The third-order valence-electron chi connectivity index (χ3n) is 2.49. The van der Waals surface area contributed by atoms with Gasteiger partial charge in [-0.2, -0.15) is 0 Å². The van der Waals surface area contributed by atoms with Crippen LogP contribution in [0.15, 0.2) is 42.6 Å². The van der Waals surface area contributed by atoms with Crippen molar-refractivity contribution in [3.05, 3.63) is 59.7 Å². The molecule has 2 aromatic rings. The van der Waals surface area contributed by atoms with Crippen molar-refractivity contribution >= 4 is 11.6 Å². The summed E-state index contributed by atoms with van der Waals surface area (Å²) in [6.07, 6.45) is 2.25. The van der Waals surface area contributed by atoms with Crippen LogP contribution in [-0.2, 0) is 6.61 Å². The first-order valence-corrected chi connectivity index (χ1v) is 6.70. The van der Waals surface area contributed by atoms with Crippen molar-refractivity contribution in [1.29, 1.82) is 0 Å². The minimum absolute atomic E-state index is 0.316. The quantitative estimate of drug-likeness (QED) is 0.631. The van der Waals surface area contributed by atoms with Gasteiger partial charge in [0, 0.05) is 18.5 Å². The number of ether oxygens (including phenoxy) is 1. The lowest BCUT2D eigenvalue weighted by atomic mass is 10.2. The van der Waals surface area contributed by atoms with E-state index in [4.69, 9.17) is 16.3 Å². The highest BCUT2D eigenvalue weighted by atomic mass is 35.5. The normalized spacial score (nSPS) is 9.70. The molecular formula is C16H13ClFNO. The molecule has 20 heavy (non-hydrogen) atoms. The lowest BCUT2D eigenvalue weighted by Crippen LogP contribution is -1.99. The molecule has 1 aromatic carbocycles. The Hall–Kier alpha value is -2.05. The van der Waals surface area contributed by atoms with E-state index in [0.717, 1.165) is 5.69 Å². The van der Waals surface area contributed by atoms with E-state index >= 15 is 0 Å². The van der Waals surface area contributed by atoms with Crippen LogP contribution in [0.3, 0.4) is 0 Å². The van der Waals surface area contributed by atoms with E-state index in [0.29, 0.717) is 30.2 Å². The number of halogens is 2. The molecule has 0 amide bonds. The molecule has 0 bridgehead atoms. The number of hydrogen-bond donors (Lipinski definition) is 0. The lowest BCUT2D eigenvalue weighted by Gasteiger charge is -2.07. The summed E-state index contributed by atoms with van der Waals surface area (Å²) in [4.78, 5) is 4.16. The highest BCUT2D eigenvalue weighted by Crippen LogP contribution is 2.19. The summed E-state index contributed by atoms with van der Waals surface area (Å²) in [6, 6.07) is 9.86. The number of pyridine rings is 1. The summed E-state index contributed by atoms with van der Waals surface area (Å²) in [6.45, 7) is 0.316. The monoisotopic (exact) mass is 289 g/mol. The van der Waals surface area contributed by atoms with Crippen molar-refractivity contribution in [3.8, 4) is 17.6 Å². The predicted molar refractivity (Wildman–Crippen MR) is 77.2 cm³/mol. The summed E-state index contributed by atoms with van der Waals surface area (Å²) in [7, 11) is 0.